The van der Waals surface area contributed by atoms with E-state index in [1.165, 1.54) is 140 Å². The van der Waals surface area contributed by atoms with Gasteiger partial charge in [0.25, 0.3) is 0 Å². The molecule has 0 aliphatic heterocycles. The number of carbonyl (C=O) groups is 5. The molecule has 0 saturated carbocycles. The Kier molecular flexibility index (Phi) is 36.9. The Balaban J connectivity index is 4.59. The molecule has 0 radical (unpaired) electrons. The third-order valence-electron chi connectivity index (χ3n) is 9.90. The fourth-order valence-electron chi connectivity index (χ4n) is 6.40. The van der Waals surface area contributed by atoms with Crippen LogP contribution in [0.2, 0.25) is 0 Å². The van der Waals surface area contributed by atoms with Crippen LogP contribution >= 0.6 is 11.8 Å². The Morgan fingerprint density at radius 2 is 0.964 bits per heavy atom. The van der Waals surface area contributed by atoms with E-state index in [-0.39, 0.29) is 42.9 Å². The standard InChI is InChI=1S/C43H80N2O9S/c1-3-5-7-9-11-13-15-17-19-21-23-25-27-29-40(48)53-33-36(34-55-35-37(44)42(50)45-38(43(51)52)31-32-39(46)47)54-41(49)30-28-26-24-22-20-18-16-14-12-10-8-6-4-2/h36-38H,3-35,44H2,1-2H3,(H,45,50)(H,46,47)(H,51,52)/t36-,37?,38-/m1/s1. The Labute approximate surface area is 338 Å². The molecule has 55 heavy (non-hydrogen) atoms. The molecular formula is C43H80N2O9S. The van der Waals surface area contributed by atoms with Crippen molar-refractivity contribution in [2.24, 2.45) is 5.73 Å². The number of carbonyl (C=O) groups excluding carboxylic acids is 3. The van der Waals surface area contributed by atoms with E-state index in [4.69, 9.17) is 20.3 Å². The van der Waals surface area contributed by atoms with Gasteiger partial charge in [-0.1, -0.05) is 168 Å². The summed E-state index contributed by atoms with van der Waals surface area (Å²) < 4.78 is 11.2. The normalized spacial score (nSPS) is 12.9. The minimum atomic E-state index is -1.37. The van der Waals surface area contributed by atoms with Gasteiger partial charge in [-0.3, -0.25) is 19.2 Å². The van der Waals surface area contributed by atoms with Gasteiger partial charge in [-0.25, -0.2) is 4.79 Å². The van der Waals surface area contributed by atoms with Gasteiger partial charge in [-0.05, 0) is 19.3 Å². The lowest BCUT2D eigenvalue weighted by Crippen LogP contribution is -2.49. The van der Waals surface area contributed by atoms with Crippen molar-refractivity contribution in [1.82, 2.24) is 5.32 Å². The third-order valence-corrected chi connectivity index (χ3v) is 11.1. The summed E-state index contributed by atoms with van der Waals surface area (Å²) in [6.45, 7) is 4.39. The highest BCUT2D eigenvalue weighted by atomic mass is 32.2. The van der Waals surface area contributed by atoms with Crippen LogP contribution in [0.4, 0.5) is 0 Å². The van der Waals surface area contributed by atoms with Crippen molar-refractivity contribution in [2.75, 3.05) is 18.1 Å². The summed E-state index contributed by atoms with van der Waals surface area (Å²) in [5.74, 6) is -3.58. The number of thioether (sulfide) groups is 1. The van der Waals surface area contributed by atoms with E-state index in [0.29, 0.717) is 6.42 Å². The summed E-state index contributed by atoms with van der Waals surface area (Å²) in [4.78, 5) is 60.1. The molecule has 0 rings (SSSR count). The number of nitrogens with one attached hydrogen (secondary N) is 1. The molecule has 0 aromatic rings. The summed E-state index contributed by atoms with van der Waals surface area (Å²) >= 11 is 1.23. The summed E-state index contributed by atoms with van der Waals surface area (Å²) in [6.07, 6.45) is 30.7. The Bertz CT molecular complexity index is 984. The van der Waals surface area contributed by atoms with Crippen molar-refractivity contribution in [2.45, 2.75) is 225 Å². The molecule has 0 aromatic heterocycles. The highest BCUT2D eigenvalue weighted by molar-refractivity contribution is 7.99. The van der Waals surface area contributed by atoms with Crippen molar-refractivity contribution < 1.29 is 43.7 Å². The van der Waals surface area contributed by atoms with E-state index >= 15 is 0 Å². The van der Waals surface area contributed by atoms with Gasteiger partial charge in [-0.15, -0.1) is 0 Å². The number of carboxylic acid groups (broad SMARTS) is 2. The maximum absolute atomic E-state index is 12.7. The smallest absolute Gasteiger partial charge is 0.326 e. The van der Waals surface area contributed by atoms with Gasteiger partial charge >= 0.3 is 23.9 Å². The summed E-state index contributed by atoms with van der Waals surface area (Å²) in [7, 11) is 0. The lowest BCUT2D eigenvalue weighted by atomic mass is 10.0. The van der Waals surface area contributed by atoms with E-state index in [2.05, 4.69) is 19.2 Å². The van der Waals surface area contributed by atoms with Gasteiger partial charge in [0.1, 0.15) is 18.8 Å². The van der Waals surface area contributed by atoms with Crippen molar-refractivity contribution in [3.05, 3.63) is 0 Å². The highest BCUT2D eigenvalue weighted by Gasteiger charge is 2.25. The molecule has 0 spiro atoms. The number of amides is 1. The van der Waals surface area contributed by atoms with Gasteiger partial charge in [0.05, 0.1) is 6.04 Å². The molecule has 0 saturated heterocycles. The zero-order valence-corrected chi connectivity index (χ0v) is 35.6. The lowest BCUT2D eigenvalue weighted by molar-refractivity contribution is -0.157. The van der Waals surface area contributed by atoms with E-state index in [0.717, 1.165) is 38.5 Å². The predicted molar refractivity (Wildman–Crippen MR) is 223 cm³/mol. The van der Waals surface area contributed by atoms with E-state index < -0.39 is 42.5 Å². The van der Waals surface area contributed by atoms with Crippen molar-refractivity contribution in [3.8, 4) is 0 Å². The second-order valence-corrected chi connectivity index (χ2v) is 16.3. The van der Waals surface area contributed by atoms with Crippen LogP contribution in [0, 0.1) is 0 Å². The van der Waals surface area contributed by atoms with Crippen LogP contribution in [-0.2, 0) is 33.4 Å². The number of rotatable bonds is 41. The number of unbranched alkanes of at least 4 members (excludes halogenated alkanes) is 24. The zero-order valence-electron chi connectivity index (χ0n) is 34.8. The first-order chi connectivity index (χ1) is 26.6. The molecule has 1 unspecified atom stereocenters. The molecule has 3 atom stereocenters. The second kappa shape index (κ2) is 38.5. The van der Waals surface area contributed by atoms with Gasteiger partial charge in [0, 0.05) is 30.8 Å². The first kappa shape index (κ1) is 52.7. The number of hydrogen-bond acceptors (Lipinski definition) is 9. The number of ether oxygens (including phenoxy) is 2. The average Bonchev–Trinajstić information content (AvgIpc) is 3.15. The van der Waals surface area contributed by atoms with Crippen LogP contribution in [0.5, 0.6) is 0 Å². The summed E-state index contributed by atoms with van der Waals surface area (Å²) in [6, 6.07) is -2.44. The molecule has 0 aliphatic carbocycles. The Morgan fingerprint density at radius 1 is 0.564 bits per heavy atom. The Morgan fingerprint density at radius 3 is 1.36 bits per heavy atom. The highest BCUT2D eigenvalue weighted by Crippen LogP contribution is 2.16. The average molecular weight is 801 g/mol. The van der Waals surface area contributed by atoms with Crippen molar-refractivity contribution >= 4 is 41.5 Å². The summed E-state index contributed by atoms with van der Waals surface area (Å²) in [5, 5.41) is 20.5. The molecule has 0 fully saturated rings. The van der Waals surface area contributed by atoms with Crippen LogP contribution in [0.15, 0.2) is 0 Å². The monoisotopic (exact) mass is 801 g/mol. The fourth-order valence-corrected chi connectivity index (χ4v) is 7.37. The molecule has 5 N–H and O–H groups in total. The molecule has 0 aliphatic rings. The minimum Gasteiger partial charge on any atom is -0.481 e. The molecular weight excluding hydrogens is 721 g/mol. The van der Waals surface area contributed by atoms with Crippen molar-refractivity contribution in [1.29, 1.82) is 0 Å². The molecule has 322 valence electrons. The first-order valence-corrected chi connectivity index (χ1v) is 23.2. The maximum Gasteiger partial charge on any atom is 0.326 e. The van der Waals surface area contributed by atoms with Gasteiger partial charge in [0.15, 0.2) is 0 Å². The van der Waals surface area contributed by atoms with E-state index in [1.54, 1.807) is 0 Å². The quantitative estimate of drug-likeness (QED) is 0.0341. The molecule has 11 nitrogen and oxygen atoms in total. The number of nitrogens with two attached hydrogens (primary N) is 1. The largest absolute Gasteiger partial charge is 0.481 e. The third kappa shape index (κ3) is 35.8. The number of esters is 2. The summed E-state index contributed by atoms with van der Waals surface area (Å²) in [5.41, 5.74) is 6.00. The maximum atomic E-state index is 12.7. The SMILES string of the molecule is CCCCCCCCCCCCCCCC(=O)OC[C@H](CSCC(N)C(=O)N[C@H](CCC(=O)O)C(=O)O)OC(=O)CCCCCCCCCCCCCCC. The van der Waals surface area contributed by atoms with Crippen LogP contribution < -0.4 is 11.1 Å². The zero-order chi connectivity index (χ0) is 40.8. The second-order valence-electron chi connectivity index (χ2n) is 15.3. The topological polar surface area (TPSA) is 182 Å². The van der Waals surface area contributed by atoms with Crippen LogP contribution in [0.25, 0.3) is 0 Å². The fraction of sp³-hybridized carbons (Fsp3) is 0.884. The first-order valence-electron chi connectivity index (χ1n) is 22.0. The number of aliphatic carboxylic acids is 2. The number of carboxylic acids is 2. The minimum absolute atomic E-state index is 0.0909. The van der Waals surface area contributed by atoms with Gasteiger partial charge in [0.2, 0.25) is 5.91 Å². The van der Waals surface area contributed by atoms with E-state index in [9.17, 15) is 29.1 Å². The lowest BCUT2D eigenvalue weighted by Gasteiger charge is -2.20. The molecule has 0 bridgehead atoms. The molecule has 0 heterocycles. The van der Waals surface area contributed by atoms with Gasteiger partial charge < -0.3 is 30.7 Å². The van der Waals surface area contributed by atoms with Crippen LogP contribution in [-0.4, -0.2) is 76.3 Å². The van der Waals surface area contributed by atoms with Crippen molar-refractivity contribution in [3.63, 3.8) is 0 Å². The van der Waals surface area contributed by atoms with Gasteiger partial charge in [-0.2, -0.15) is 11.8 Å². The molecule has 12 heteroatoms. The molecule has 1 amide bonds. The van der Waals surface area contributed by atoms with Crippen LogP contribution in [0.3, 0.4) is 0 Å². The van der Waals surface area contributed by atoms with Crippen LogP contribution in [0.1, 0.15) is 206 Å². The Hall–Kier alpha value is -2.34. The number of hydrogen-bond donors (Lipinski definition) is 4. The van der Waals surface area contributed by atoms with E-state index in [1.807, 2.05) is 0 Å². The predicted octanol–water partition coefficient (Wildman–Crippen LogP) is 9.90. The molecule has 0 aromatic carbocycles.